The van der Waals surface area contributed by atoms with Crippen molar-refractivity contribution >= 4 is 17.9 Å². The van der Waals surface area contributed by atoms with Gasteiger partial charge in [-0.25, -0.2) is 4.79 Å². The van der Waals surface area contributed by atoms with Gasteiger partial charge in [0.25, 0.3) is 0 Å². The Labute approximate surface area is 253 Å². The second-order valence-corrected chi connectivity index (χ2v) is 14.4. The number of hydrogen-bond acceptors (Lipinski definition) is 8. The van der Waals surface area contributed by atoms with Crippen LogP contribution in [-0.2, 0) is 28.6 Å². The molecule has 1 aliphatic heterocycles. The summed E-state index contributed by atoms with van der Waals surface area (Å²) in [6, 6.07) is 3.27. The highest BCUT2D eigenvalue weighted by Gasteiger charge is 2.84. The van der Waals surface area contributed by atoms with Crippen LogP contribution < -0.4 is 5.63 Å². The summed E-state index contributed by atoms with van der Waals surface area (Å²) < 4.78 is 23.9. The molecular weight excluding hydrogens is 552 g/mol. The van der Waals surface area contributed by atoms with Crippen LogP contribution in [-0.4, -0.2) is 46.9 Å². The van der Waals surface area contributed by atoms with E-state index in [0.29, 0.717) is 30.6 Å². The maximum atomic E-state index is 12.6. The summed E-state index contributed by atoms with van der Waals surface area (Å²) in [6.07, 6.45) is 11.5. The Morgan fingerprint density at radius 1 is 0.953 bits per heavy atom. The Hall–Kier alpha value is -2.68. The second kappa shape index (κ2) is 11.4. The minimum absolute atomic E-state index is 0.0389. The van der Waals surface area contributed by atoms with Gasteiger partial charge in [0.2, 0.25) is 0 Å². The predicted molar refractivity (Wildman–Crippen MR) is 155 cm³/mol. The lowest BCUT2D eigenvalue weighted by Crippen LogP contribution is -2.58. The van der Waals surface area contributed by atoms with Crippen LogP contribution in [0.25, 0.3) is 0 Å². The van der Waals surface area contributed by atoms with Crippen LogP contribution in [0, 0.1) is 28.6 Å². The zero-order valence-electron chi connectivity index (χ0n) is 25.7. The maximum absolute atomic E-state index is 12.6. The molecule has 6 rings (SSSR count). The number of carboxylic acid groups (broad SMARTS) is 1. The molecule has 0 radical (unpaired) electrons. The molecule has 2 heterocycles. The fourth-order valence-electron chi connectivity index (χ4n) is 10.3. The number of unbranched alkanes of at least 4 members (excludes halogenated alkanes) is 3. The molecule has 4 saturated carbocycles. The fourth-order valence-corrected chi connectivity index (χ4v) is 10.3. The summed E-state index contributed by atoms with van der Waals surface area (Å²) in [5.74, 6) is 0.00291. The number of aliphatic carboxylic acids is 1. The van der Waals surface area contributed by atoms with Crippen LogP contribution in [0.3, 0.4) is 0 Å². The molecule has 5 aliphatic rings. The third-order valence-corrected chi connectivity index (χ3v) is 12.3. The van der Waals surface area contributed by atoms with E-state index in [4.69, 9.17) is 23.7 Å². The Kier molecular flexibility index (Phi) is 8.01. The molecular formula is C34H46O9. The van der Waals surface area contributed by atoms with Crippen molar-refractivity contribution in [2.45, 2.75) is 134 Å². The molecule has 1 spiro atoms. The van der Waals surface area contributed by atoms with E-state index in [2.05, 4.69) is 13.8 Å². The number of carbonyl (C=O) groups is 3. The monoisotopic (exact) mass is 598 g/mol. The van der Waals surface area contributed by atoms with Crippen LogP contribution in [0.5, 0.6) is 0 Å². The smallest absolute Gasteiger partial charge is 0.335 e. The molecule has 236 valence electrons. The lowest BCUT2D eigenvalue weighted by Gasteiger charge is -2.61. The standard InChI is InChI=1S/C34H46O9/c1-20(35)41-30-29(21-10-13-27(38)40-19-21)33(3)17-15-24-25(34(33)31(30)43-34)12-11-22-18-23(14-16-32(22,24)2)42-28(39)9-7-5-4-6-8-26(36)37/h10,13,19,22-25,29-31H,4-9,11-12,14-18H2,1-3H3,(H,36,37)/t22-,23+,24+,25-,29+,30-,31-,32+,33-,34-/m1/s1. The van der Waals surface area contributed by atoms with Crippen molar-refractivity contribution < 1.29 is 38.1 Å². The van der Waals surface area contributed by atoms with Gasteiger partial charge in [-0.15, -0.1) is 0 Å². The van der Waals surface area contributed by atoms with Gasteiger partial charge in [0.1, 0.15) is 23.9 Å². The van der Waals surface area contributed by atoms with Gasteiger partial charge in [-0.05, 0) is 92.6 Å². The minimum Gasteiger partial charge on any atom is -0.481 e. The number of esters is 2. The highest BCUT2D eigenvalue weighted by atomic mass is 16.7. The normalized spacial score (nSPS) is 40.8. The van der Waals surface area contributed by atoms with Gasteiger partial charge >= 0.3 is 23.5 Å². The molecule has 4 aliphatic carbocycles. The van der Waals surface area contributed by atoms with E-state index < -0.39 is 17.7 Å². The first-order valence-corrected chi connectivity index (χ1v) is 16.3. The molecule has 0 bridgehead atoms. The van der Waals surface area contributed by atoms with Gasteiger partial charge < -0.3 is 23.7 Å². The summed E-state index contributed by atoms with van der Waals surface area (Å²) in [4.78, 5) is 47.3. The van der Waals surface area contributed by atoms with E-state index >= 15 is 0 Å². The molecule has 1 N–H and O–H groups in total. The molecule has 43 heavy (non-hydrogen) atoms. The van der Waals surface area contributed by atoms with Crippen molar-refractivity contribution in [3.05, 3.63) is 34.4 Å². The third kappa shape index (κ3) is 5.13. The van der Waals surface area contributed by atoms with Crippen molar-refractivity contribution in [3.63, 3.8) is 0 Å². The number of fused-ring (bicyclic) bond motifs is 3. The number of epoxide rings is 1. The third-order valence-electron chi connectivity index (χ3n) is 12.3. The molecule has 1 saturated heterocycles. The molecule has 9 nitrogen and oxygen atoms in total. The zero-order chi connectivity index (χ0) is 30.6. The Bertz CT molecular complexity index is 1280. The van der Waals surface area contributed by atoms with E-state index in [1.54, 1.807) is 6.26 Å². The van der Waals surface area contributed by atoms with Gasteiger partial charge in [0.15, 0.2) is 0 Å². The van der Waals surface area contributed by atoms with Crippen molar-refractivity contribution in [3.8, 4) is 0 Å². The summed E-state index contributed by atoms with van der Waals surface area (Å²) in [6.45, 7) is 6.19. The fraction of sp³-hybridized carbons (Fsp3) is 0.765. The molecule has 10 atom stereocenters. The molecule has 0 aromatic carbocycles. The first kappa shape index (κ1) is 30.4. The van der Waals surface area contributed by atoms with Crippen LogP contribution >= 0.6 is 0 Å². The average molecular weight is 599 g/mol. The first-order chi connectivity index (χ1) is 20.5. The number of hydrogen-bond donors (Lipinski definition) is 1. The van der Waals surface area contributed by atoms with Crippen LogP contribution in [0.4, 0.5) is 0 Å². The minimum atomic E-state index is -0.772. The predicted octanol–water partition coefficient (Wildman–Crippen LogP) is 5.78. The molecule has 5 fully saturated rings. The molecule has 0 amide bonds. The zero-order valence-corrected chi connectivity index (χ0v) is 25.7. The topological polar surface area (TPSA) is 133 Å². The van der Waals surface area contributed by atoms with Crippen LogP contribution in [0.15, 0.2) is 27.6 Å². The SMILES string of the molecule is CC(=O)O[C@H]1[C@H]2O[C@]23[C@@H]2CC[C@@H]4C[C@@H](OC(=O)CCCCCCC(=O)O)CC[C@]4(C)[C@H]2CC[C@]3(C)[C@H]1c1ccc(=O)oc1. The van der Waals surface area contributed by atoms with Gasteiger partial charge in [0.05, 0.1) is 6.26 Å². The van der Waals surface area contributed by atoms with Gasteiger partial charge in [-0.1, -0.05) is 26.7 Å². The lowest BCUT2D eigenvalue weighted by molar-refractivity contribution is -0.168. The summed E-state index contributed by atoms with van der Waals surface area (Å²) in [5, 5.41) is 8.76. The number of carboxylic acids is 1. The lowest BCUT2D eigenvalue weighted by atomic mass is 9.44. The molecule has 1 aromatic heterocycles. The highest BCUT2D eigenvalue weighted by molar-refractivity contribution is 5.69. The molecule has 1 aromatic rings. The van der Waals surface area contributed by atoms with E-state index in [1.165, 1.54) is 13.0 Å². The van der Waals surface area contributed by atoms with E-state index in [-0.39, 0.29) is 52.9 Å². The first-order valence-electron chi connectivity index (χ1n) is 16.3. The second-order valence-electron chi connectivity index (χ2n) is 14.4. The molecule has 9 heteroatoms. The molecule has 0 unspecified atom stereocenters. The van der Waals surface area contributed by atoms with Gasteiger partial charge in [-0.2, -0.15) is 0 Å². The van der Waals surface area contributed by atoms with Gasteiger partial charge in [0, 0.05) is 37.2 Å². The van der Waals surface area contributed by atoms with Crippen molar-refractivity contribution in [1.82, 2.24) is 0 Å². The van der Waals surface area contributed by atoms with Crippen molar-refractivity contribution in [2.75, 3.05) is 0 Å². The summed E-state index contributed by atoms with van der Waals surface area (Å²) in [5.41, 5.74) is 0.0266. The maximum Gasteiger partial charge on any atom is 0.335 e. The average Bonchev–Trinajstić information content (AvgIpc) is 3.66. The van der Waals surface area contributed by atoms with E-state index in [0.717, 1.165) is 69.8 Å². The Morgan fingerprint density at radius 3 is 2.42 bits per heavy atom. The largest absolute Gasteiger partial charge is 0.481 e. The number of rotatable bonds is 10. The number of ether oxygens (including phenoxy) is 3. The Morgan fingerprint density at radius 2 is 1.72 bits per heavy atom. The van der Waals surface area contributed by atoms with Crippen LogP contribution in [0.1, 0.15) is 116 Å². The summed E-state index contributed by atoms with van der Waals surface area (Å²) in [7, 11) is 0. The Balaban J connectivity index is 1.12. The van der Waals surface area contributed by atoms with E-state index in [9.17, 15) is 19.2 Å². The van der Waals surface area contributed by atoms with Crippen molar-refractivity contribution in [2.24, 2.45) is 28.6 Å². The number of carbonyl (C=O) groups excluding carboxylic acids is 2. The summed E-state index contributed by atoms with van der Waals surface area (Å²) >= 11 is 0. The van der Waals surface area contributed by atoms with Crippen molar-refractivity contribution in [1.29, 1.82) is 0 Å². The quantitative estimate of drug-likeness (QED) is 0.202. The highest BCUT2D eigenvalue weighted by Crippen LogP contribution is 2.78. The van der Waals surface area contributed by atoms with Crippen LogP contribution in [0.2, 0.25) is 0 Å². The van der Waals surface area contributed by atoms with Gasteiger partial charge in [-0.3, -0.25) is 14.4 Å². The van der Waals surface area contributed by atoms with E-state index in [1.807, 2.05) is 6.07 Å².